The van der Waals surface area contributed by atoms with Crippen molar-refractivity contribution < 1.29 is 23.4 Å². The van der Waals surface area contributed by atoms with Crippen LogP contribution >= 0.6 is 0 Å². The molecule has 0 aromatic carbocycles. The van der Waals surface area contributed by atoms with Gasteiger partial charge in [-0.15, -0.1) is 0 Å². The second-order valence-electron chi connectivity index (χ2n) is 7.18. The smallest absolute Gasteiger partial charge is 0.183 e. The molecule has 0 amide bonds. The van der Waals surface area contributed by atoms with Crippen LogP contribution in [0.5, 0.6) is 0 Å². The maximum absolute atomic E-state index is 5.70. The van der Waals surface area contributed by atoms with Crippen molar-refractivity contribution in [2.45, 2.75) is 65.1 Å². The molecule has 0 radical (unpaired) electrons. The summed E-state index contributed by atoms with van der Waals surface area (Å²) in [6.07, 6.45) is 7.79. The summed E-state index contributed by atoms with van der Waals surface area (Å²) >= 11 is 0. The Kier molecular flexibility index (Phi) is 18.8. The van der Waals surface area contributed by atoms with Crippen molar-refractivity contribution in [3.63, 3.8) is 0 Å². The van der Waals surface area contributed by atoms with E-state index < -0.39 is 8.32 Å². The van der Waals surface area contributed by atoms with Crippen LogP contribution in [0.25, 0.3) is 0 Å². The SMILES string of the molecule is CCCCCCCCOCCOCCOCCOCCO[Si](C)(C)C. The van der Waals surface area contributed by atoms with Gasteiger partial charge in [0.25, 0.3) is 0 Å². The number of ether oxygens (including phenoxy) is 4. The van der Waals surface area contributed by atoms with E-state index >= 15 is 0 Å². The van der Waals surface area contributed by atoms with Gasteiger partial charge in [-0.1, -0.05) is 39.0 Å². The van der Waals surface area contributed by atoms with E-state index in [0.29, 0.717) is 52.9 Å². The number of unbranched alkanes of at least 4 members (excludes halogenated alkanes) is 5. The second-order valence-corrected chi connectivity index (χ2v) is 11.7. The lowest BCUT2D eigenvalue weighted by molar-refractivity contribution is -0.00511. The molecular formula is C19H42O5Si. The summed E-state index contributed by atoms with van der Waals surface area (Å²) in [5.74, 6) is 0. The van der Waals surface area contributed by atoms with Crippen LogP contribution < -0.4 is 0 Å². The maximum atomic E-state index is 5.70. The Morgan fingerprint density at radius 1 is 0.480 bits per heavy atom. The van der Waals surface area contributed by atoms with E-state index in [9.17, 15) is 0 Å². The van der Waals surface area contributed by atoms with Crippen LogP contribution in [0.2, 0.25) is 19.6 Å². The van der Waals surface area contributed by atoms with Crippen LogP contribution in [0.4, 0.5) is 0 Å². The third-order valence-electron chi connectivity index (χ3n) is 3.52. The molecule has 0 fully saturated rings. The van der Waals surface area contributed by atoms with Crippen LogP contribution in [-0.4, -0.2) is 67.8 Å². The fourth-order valence-corrected chi connectivity index (χ4v) is 2.85. The Morgan fingerprint density at radius 3 is 1.36 bits per heavy atom. The van der Waals surface area contributed by atoms with Gasteiger partial charge in [-0.2, -0.15) is 0 Å². The van der Waals surface area contributed by atoms with Gasteiger partial charge in [0.1, 0.15) is 0 Å². The summed E-state index contributed by atoms with van der Waals surface area (Å²) in [6.45, 7) is 14.7. The molecule has 0 saturated heterocycles. The van der Waals surface area contributed by atoms with Crippen molar-refractivity contribution in [1.82, 2.24) is 0 Å². The predicted molar refractivity (Wildman–Crippen MR) is 106 cm³/mol. The molecule has 0 aliphatic heterocycles. The summed E-state index contributed by atoms with van der Waals surface area (Å²) in [4.78, 5) is 0. The lowest BCUT2D eigenvalue weighted by atomic mass is 10.1. The van der Waals surface area contributed by atoms with E-state index in [0.717, 1.165) is 13.0 Å². The molecule has 0 N–H and O–H groups in total. The highest BCUT2D eigenvalue weighted by Gasteiger charge is 2.12. The number of hydrogen-bond donors (Lipinski definition) is 0. The van der Waals surface area contributed by atoms with Gasteiger partial charge in [0, 0.05) is 6.61 Å². The van der Waals surface area contributed by atoms with Crippen LogP contribution in [-0.2, 0) is 23.4 Å². The van der Waals surface area contributed by atoms with E-state index in [1.54, 1.807) is 0 Å². The number of hydrogen-bond acceptors (Lipinski definition) is 5. The highest BCUT2D eigenvalue weighted by molar-refractivity contribution is 6.69. The lowest BCUT2D eigenvalue weighted by Gasteiger charge is -2.16. The first kappa shape index (κ1) is 25.0. The fourth-order valence-electron chi connectivity index (χ4n) is 2.15. The average molecular weight is 379 g/mol. The largest absolute Gasteiger partial charge is 0.415 e. The van der Waals surface area contributed by atoms with Crippen molar-refractivity contribution in [1.29, 1.82) is 0 Å². The molecule has 25 heavy (non-hydrogen) atoms. The first-order valence-corrected chi connectivity index (χ1v) is 13.4. The average Bonchev–Trinajstić information content (AvgIpc) is 2.56. The molecule has 0 spiro atoms. The predicted octanol–water partition coefficient (Wildman–Crippen LogP) is 4.26. The van der Waals surface area contributed by atoms with Gasteiger partial charge in [-0.05, 0) is 26.1 Å². The molecule has 0 saturated carbocycles. The lowest BCUT2D eigenvalue weighted by Crippen LogP contribution is -2.27. The van der Waals surface area contributed by atoms with E-state index in [1.807, 2.05) is 0 Å². The highest BCUT2D eigenvalue weighted by atomic mass is 28.4. The van der Waals surface area contributed by atoms with Gasteiger partial charge in [0.15, 0.2) is 8.32 Å². The second kappa shape index (κ2) is 18.8. The molecule has 0 heterocycles. The van der Waals surface area contributed by atoms with Crippen molar-refractivity contribution in [3.8, 4) is 0 Å². The fraction of sp³-hybridized carbons (Fsp3) is 1.00. The summed E-state index contributed by atoms with van der Waals surface area (Å²) in [5, 5.41) is 0. The van der Waals surface area contributed by atoms with Crippen LogP contribution in [0, 0.1) is 0 Å². The molecular weight excluding hydrogens is 336 g/mol. The maximum Gasteiger partial charge on any atom is 0.183 e. The van der Waals surface area contributed by atoms with E-state index in [4.69, 9.17) is 23.4 Å². The van der Waals surface area contributed by atoms with Gasteiger partial charge in [0.2, 0.25) is 0 Å². The van der Waals surface area contributed by atoms with Crippen molar-refractivity contribution in [3.05, 3.63) is 0 Å². The zero-order chi connectivity index (χ0) is 18.6. The Bertz CT molecular complexity index is 259. The normalized spacial score (nSPS) is 12.0. The topological polar surface area (TPSA) is 46.2 Å². The Labute approximate surface area is 156 Å². The van der Waals surface area contributed by atoms with Crippen molar-refractivity contribution >= 4 is 8.32 Å². The third kappa shape index (κ3) is 24.0. The Balaban J connectivity index is 3.01. The number of rotatable bonds is 20. The van der Waals surface area contributed by atoms with Crippen LogP contribution in [0.15, 0.2) is 0 Å². The molecule has 152 valence electrons. The molecule has 0 aromatic heterocycles. The molecule has 0 bridgehead atoms. The zero-order valence-electron chi connectivity index (χ0n) is 17.1. The quantitative estimate of drug-likeness (QED) is 0.234. The molecule has 5 nitrogen and oxygen atoms in total. The first-order valence-electron chi connectivity index (χ1n) is 10.0. The summed E-state index contributed by atoms with van der Waals surface area (Å²) in [5.41, 5.74) is 0. The minimum Gasteiger partial charge on any atom is -0.415 e. The van der Waals surface area contributed by atoms with Gasteiger partial charge < -0.3 is 23.4 Å². The first-order chi connectivity index (χ1) is 12.1. The van der Waals surface area contributed by atoms with E-state index in [2.05, 4.69) is 26.6 Å². The van der Waals surface area contributed by atoms with E-state index in [1.165, 1.54) is 32.1 Å². The van der Waals surface area contributed by atoms with Gasteiger partial charge in [-0.25, -0.2) is 0 Å². The van der Waals surface area contributed by atoms with Crippen LogP contribution in [0.3, 0.4) is 0 Å². The Morgan fingerprint density at radius 2 is 0.880 bits per heavy atom. The minimum absolute atomic E-state index is 0.602. The molecule has 0 atom stereocenters. The van der Waals surface area contributed by atoms with Gasteiger partial charge in [0.05, 0.1) is 52.9 Å². The Hall–Kier alpha value is 0.0169. The van der Waals surface area contributed by atoms with Crippen LogP contribution in [0.1, 0.15) is 45.4 Å². The molecule has 6 heteroatoms. The summed E-state index contributed by atoms with van der Waals surface area (Å²) in [7, 11) is -1.41. The monoisotopic (exact) mass is 378 g/mol. The zero-order valence-corrected chi connectivity index (χ0v) is 18.1. The van der Waals surface area contributed by atoms with Crippen molar-refractivity contribution in [2.75, 3.05) is 59.5 Å². The molecule has 0 aromatic rings. The third-order valence-corrected chi connectivity index (χ3v) is 4.59. The molecule has 0 aliphatic rings. The summed E-state index contributed by atoms with van der Waals surface area (Å²) in [6, 6.07) is 0. The molecule has 0 aliphatic carbocycles. The minimum atomic E-state index is -1.41. The molecule has 0 rings (SSSR count). The highest BCUT2D eigenvalue weighted by Crippen LogP contribution is 2.04. The summed E-state index contributed by atoms with van der Waals surface area (Å²) < 4.78 is 27.6. The van der Waals surface area contributed by atoms with Crippen molar-refractivity contribution in [2.24, 2.45) is 0 Å². The standard InChI is InChI=1S/C19H42O5Si/c1-5-6-7-8-9-10-11-20-12-13-21-14-15-22-16-17-23-18-19-24-25(2,3)4/h5-19H2,1-4H3. The van der Waals surface area contributed by atoms with Gasteiger partial charge >= 0.3 is 0 Å². The van der Waals surface area contributed by atoms with Gasteiger partial charge in [-0.3, -0.25) is 0 Å². The van der Waals surface area contributed by atoms with E-state index in [-0.39, 0.29) is 0 Å². The molecule has 0 unspecified atom stereocenters.